The molecule has 1 aromatic heterocycles. The van der Waals surface area contributed by atoms with Gasteiger partial charge in [0, 0.05) is 10.8 Å². The zero-order valence-corrected chi connectivity index (χ0v) is 15.7. The number of pyridine rings is 1. The number of methoxy groups -OCH3 is 2. The number of amides is 1. The first-order valence-electron chi connectivity index (χ1n) is 8.76. The molecule has 7 nitrogen and oxygen atoms in total. The van der Waals surface area contributed by atoms with Crippen LogP contribution in [0.15, 0.2) is 42.5 Å². The van der Waals surface area contributed by atoms with Crippen molar-refractivity contribution in [3.63, 3.8) is 0 Å². The maximum Gasteiger partial charge on any atom is 0.357 e. The highest BCUT2D eigenvalue weighted by Gasteiger charge is 2.34. The van der Waals surface area contributed by atoms with E-state index in [9.17, 15) is 9.59 Å². The SMILES string of the molecule is CCOC(=O)c1cc2c(OC)ccc3c2c(n1)N(c1ccc(OC)cc1)C3=O. The van der Waals surface area contributed by atoms with Gasteiger partial charge >= 0.3 is 5.97 Å². The van der Waals surface area contributed by atoms with Gasteiger partial charge in [-0.1, -0.05) is 0 Å². The Balaban J connectivity index is 1.96. The summed E-state index contributed by atoms with van der Waals surface area (Å²) < 4.78 is 15.7. The minimum atomic E-state index is -0.554. The molecule has 0 bridgehead atoms. The number of anilines is 2. The molecule has 0 radical (unpaired) electrons. The zero-order chi connectivity index (χ0) is 19.8. The van der Waals surface area contributed by atoms with E-state index in [1.165, 1.54) is 4.90 Å². The van der Waals surface area contributed by atoms with Crippen molar-refractivity contribution in [2.45, 2.75) is 6.92 Å². The van der Waals surface area contributed by atoms with Crippen LogP contribution in [0, 0.1) is 0 Å². The summed E-state index contributed by atoms with van der Waals surface area (Å²) in [6.07, 6.45) is 0. The fourth-order valence-electron chi connectivity index (χ4n) is 3.34. The number of ether oxygens (including phenoxy) is 3. The summed E-state index contributed by atoms with van der Waals surface area (Å²) in [6.45, 7) is 1.95. The molecule has 2 heterocycles. The number of carbonyl (C=O) groups is 2. The van der Waals surface area contributed by atoms with Gasteiger partial charge in [-0.2, -0.15) is 0 Å². The summed E-state index contributed by atoms with van der Waals surface area (Å²) in [6, 6.07) is 12.1. The third-order valence-corrected chi connectivity index (χ3v) is 4.62. The summed E-state index contributed by atoms with van der Waals surface area (Å²) in [5.74, 6) is 0.832. The third kappa shape index (κ3) is 2.63. The van der Waals surface area contributed by atoms with Gasteiger partial charge in [0.15, 0.2) is 5.69 Å². The minimum Gasteiger partial charge on any atom is -0.497 e. The number of rotatable bonds is 5. The molecule has 0 atom stereocenters. The lowest BCUT2D eigenvalue weighted by Gasteiger charge is -2.17. The number of hydrogen-bond donors (Lipinski definition) is 0. The predicted molar refractivity (Wildman–Crippen MR) is 104 cm³/mol. The van der Waals surface area contributed by atoms with E-state index in [0.29, 0.717) is 39.3 Å². The first kappa shape index (κ1) is 17.8. The van der Waals surface area contributed by atoms with Gasteiger partial charge in [-0.05, 0) is 49.4 Å². The molecule has 0 N–H and O–H groups in total. The summed E-state index contributed by atoms with van der Waals surface area (Å²) in [7, 11) is 3.12. The molecule has 28 heavy (non-hydrogen) atoms. The van der Waals surface area contributed by atoms with Gasteiger partial charge in [-0.25, -0.2) is 9.78 Å². The molecule has 1 aliphatic heterocycles. The van der Waals surface area contributed by atoms with Crippen LogP contribution >= 0.6 is 0 Å². The molecule has 0 aliphatic carbocycles. The van der Waals surface area contributed by atoms with Gasteiger partial charge in [0.25, 0.3) is 5.91 Å². The van der Waals surface area contributed by atoms with Crippen LogP contribution < -0.4 is 14.4 Å². The lowest BCUT2D eigenvalue weighted by molar-refractivity contribution is 0.0519. The zero-order valence-electron chi connectivity index (χ0n) is 15.7. The number of hydrogen-bond acceptors (Lipinski definition) is 6. The Morgan fingerprint density at radius 2 is 1.82 bits per heavy atom. The van der Waals surface area contributed by atoms with Crippen molar-refractivity contribution in [1.29, 1.82) is 0 Å². The average Bonchev–Trinajstić information content (AvgIpc) is 3.01. The van der Waals surface area contributed by atoms with Crippen LogP contribution in [0.4, 0.5) is 11.5 Å². The molecule has 1 aliphatic rings. The molecule has 0 spiro atoms. The number of benzene rings is 2. The van der Waals surface area contributed by atoms with Gasteiger partial charge in [0.05, 0.1) is 32.1 Å². The molecule has 1 amide bonds. The maximum absolute atomic E-state index is 13.1. The quantitative estimate of drug-likeness (QED) is 0.630. The normalized spacial score (nSPS) is 12.4. The highest BCUT2D eigenvalue weighted by molar-refractivity contribution is 6.28. The van der Waals surface area contributed by atoms with Crippen molar-refractivity contribution in [3.05, 3.63) is 53.7 Å². The number of nitrogens with zero attached hydrogens (tertiary/aromatic N) is 2. The van der Waals surface area contributed by atoms with Crippen LogP contribution in [0.3, 0.4) is 0 Å². The Morgan fingerprint density at radius 3 is 2.46 bits per heavy atom. The molecule has 142 valence electrons. The molecular formula is C21H18N2O5. The first-order valence-corrected chi connectivity index (χ1v) is 8.76. The van der Waals surface area contributed by atoms with E-state index < -0.39 is 5.97 Å². The van der Waals surface area contributed by atoms with E-state index in [-0.39, 0.29) is 18.2 Å². The van der Waals surface area contributed by atoms with E-state index in [4.69, 9.17) is 14.2 Å². The Hall–Kier alpha value is -3.61. The van der Waals surface area contributed by atoms with Crippen molar-refractivity contribution in [2.24, 2.45) is 0 Å². The minimum absolute atomic E-state index is 0.119. The Labute approximate surface area is 161 Å². The molecule has 0 unspecified atom stereocenters. The summed E-state index contributed by atoms with van der Waals surface area (Å²) in [4.78, 5) is 31.4. The fourth-order valence-corrected chi connectivity index (χ4v) is 3.34. The second kappa shape index (κ2) is 6.84. The number of esters is 1. The molecule has 7 heteroatoms. The summed E-state index contributed by atoms with van der Waals surface area (Å²) >= 11 is 0. The molecule has 0 saturated carbocycles. The van der Waals surface area contributed by atoms with Crippen LogP contribution in [-0.4, -0.2) is 37.7 Å². The van der Waals surface area contributed by atoms with Crippen LogP contribution in [0.25, 0.3) is 10.8 Å². The largest absolute Gasteiger partial charge is 0.497 e. The number of aromatic nitrogens is 1. The van der Waals surface area contributed by atoms with Gasteiger partial charge in [-0.15, -0.1) is 0 Å². The van der Waals surface area contributed by atoms with Crippen LogP contribution in [0.1, 0.15) is 27.8 Å². The van der Waals surface area contributed by atoms with Crippen LogP contribution in [-0.2, 0) is 4.74 Å². The standard InChI is InChI=1S/C21H18N2O5/c1-4-28-21(25)16-11-15-17(27-3)10-9-14-18(15)19(22-16)23(20(14)24)12-5-7-13(26-2)8-6-12/h5-11H,4H2,1-3H3. The van der Waals surface area contributed by atoms with Crippen molar-refractivity contribution in [3.8, 4) is 11.5 Å². The molecule has 0 fully saturated rings. The first-order chi connectivity index (χ1) is 13.6. The van der Waals surface area contributed by atoms with Crippen molar-refractivity contribution in [2.75, 3.05) is 25.7 Å². The van der Waals surface area contributed by atoms with E-state index in [2.05, 4.69) is 4.98 Å². The van der Waals surface area contributed by atoms with Gasteiger partial charge < -0.3 is 14.2 Å². The Kier molecular flexibility index (Phi) is 4.35. The van der Waals surface area contributed by atoms with Gasteiger partial charge in [-0.3, -0.25) is 9.69 Å². The van der Waals surface area contributed by atoms with E-state index in [1.54, 1.807) is 63.6 Å². The highest BCUT2D eigenvalue weighted by atomic mass is 16.5. The Morgan fingerprint density at radius 1 is 1.07 bits per heavy atom. The highest BCUT2D eigenvalue weighted by Crippen LogP contribution is 2.43. The molecule has 4 rings (SSSR count). The lowest BCUT2D eigenvalue weighted by atomic mass is 10.1. The number of carbonyl (C=O) groups excluding carboxylic acids is 2. The van der Waals surface area contributed by atoms with Gasteiger partial charge in [0.2, 0.25) is 0 Å². The van der Waals surface area contributed by atoms with Crippen molar-refractivity contribution >= 4 is 34.2 Å². The predicted octanol–water partition coefficient (Wildman–Crippen LogP) is 3.72. The third-order valence-electron chi connectivity index (χ3n) is 4.62. The Bertz CT molecular complexity index is 1090. The van der Waals surface area contributed by atoms with Gasteiger partial charge in [0.1, 0.15) is 17.3 Å². The maximum atomic E-state index is 13.1. The lowest BCUT2D eigenvalue weighted by Crippen LogP contribution is -2.22. The fraction of sp³-hybridized carbons (Fsp3) is 0.190. The summed E-state index contributed by atoms with van der Waals surface area (Å²) in [5.41, 5.74) is 1.24. The second-order valence-corrected chi connectivity index (χ2v) is 6.13. The molecule has 2 aromatic carbocycles. The smallest absolute Gasteiger partial charge is 0.357 e. The van der Waals surface area contributed by atoms with Crippen LogP contribution in [0.5, 0.6) is 11.5 Å². The van der Waals surface area contributed by atoms with E-state index in [0.717, 1.165) is 0 Å². The monoisotopic (exact) mass is 378 g/mol. The summed E-state index contributed by atoms with van der Waals surface area (Å²) in [5, 5.41) is 1.28. The van der Waals surface area contributed by atoms with Crippen molar-refractivity contribution < 1.29 is 23.8 Å². The van der Waals surface area contributed by atoms with E-state index in [1.807, 2.05) is 0 Å². The molecule has 3 aromatic rings. The van der Waals surface area contributed by atoms with E-state index >= 15 is 0 Å². The van der Waals surface area contributed by atoms with Crippen LogP contribution in [0.2, 0.25) is 0 Å². The average molecular weight is 378 g/mol. The molecular weight excluding hydrogens is 360 g/mol. The van der Waals surface area contributed by atoms with Crippen molar-refractivity contribution in [1.82, 2.24) is 4.98 Å². The second-order valence-electron chi connectivity index (χ2n) is 6.13. The molecule has 0 saturated heterocycles. The topological polar surface area (TPSA) is 78.0 Å².